The Morgan fingerprint density at radius 2 is 1.97 bits per heavy atom. The average molecular weight is 552 g/mol. The van der Waals surface area contributed by atoms with Gasteiger partial charge in [-0.1, -0.05) is 17.7 Å². The normalized spacial score (nSPS) is 16.4. The number of carbonyl (C=O) groups excluding carboxylic acids is 2. The first-order valence-corrected chi connectivity index (χ1v) is 14.6. The summed E-state index contributed by atoms with van der Waals surface area (Å²) < 4.78 is 33.7. The van der Waals surface area contributed by atoms with E-state index in [1.807, 2.05) is 39.0 Å². The number of ether oxygens (including phenoxy) is 1. The van der Waals surface area contributed by atoms with Gasteiger partial charge in [0.25, 0.3) is 5.91 Å². The molecule has 0 fully saturated rings. The fourth-order valence-electron chi connectivity index (χ4n) is 4.14. The van der Waals surface area contributed by atoms with Crippen LogP contribution in [-0.4, -0.2) is 49.8 Å². The minimum atomic E-state index is -3.69. The van der Waals surface area contributed by atoms with Crippen LogP contribution in [0.3, 0.4) is 0 Å². The number of benzene rings is 1. The average Bonchev–Trinajstić information content (AvgIpc) is 3.28. The first-order valence-electron chi connectivity index (χ1n) is 11.8. The van der Waals surface area contributed by atoms with E-state index in [0.29, 0.717) is 29.5 Å². The second-order valence-corrected chi connectivity index (χ2v) is 13.5. The maximum atomic E-state index is 13.0. The molecule has 11 heteroatoms. The Morgan fingerprint density at radius 3 is 2.67 bits per heavy atom. The predicted molar refractivity (Wildman–Crippen MR) is 142 cm³/mol. The van der Waals surface area contributed by atoms with Gasteiger partial charge in [-0.05, 0) is 81.5 Å². The van der Waals surface area contributed by atoms with Gasteiger partial charge in [-0.15, -0.1) is 11.3 Å². The highest BCUT2D eigenvalue weighted by atomic mass is 35.5. The molecule has 0 unspecified atom stereocenters. The summed E-state index contributed by atoms with van der Waals surface area (Å²) in [5.74, 6) is -0.525. The van der Waals surface area contributed by atoms with E-state index in [2.05, 4.69) is 4.72 Å². The van der Waals surface area contributed by atoms with Crippen molar-refractivity contribution in [2.45, 2.75) is 52.2 Å². The highest BCUT2D eigenvalue weighted by Gasteiger charge is 2.30. The number of anilines is 1. The summed E-state index contributed by atoms with van der Waals surface area (Å²) in [6, 6.07) is 9.25. The number of nitrogens with zero attached hydrogens (tertiary/aromatic N) is 2. The molecule has 3 heterocycles. The minimum absolute atomic E-state index is 0.0604. The number of thiophene rings is 1. The van der Waals surface area contributed by atoms with Crippen molar-refractivity contribution in [3.8, 4) is 0 Å². The van der Waals surface area contributed by atoms with Crippen LogP contribution in [0.5, 0.6) is 0 Å². The molecule has 0 bridgehead atoms. The van der Waals surface area contributed by atoms with Gasteiger partial charge in [-0.2, -0.15) is 0 Å². The molecule has 2 aliphatic heterocycles. The highest BCUT2D eigenvalue weighted by Crippen LogP contribution is 2.28. The molecule has 1 N–H and O–H groups in total. The Morgan fingerprint density at radius 1 is 1.19 bits per heavy atom. The number of nitrogens with one attached hydrogen (secondary N) is 1. The number of carbonyl (C=O) groups is 2. The van der Waals surface area contributed by atoms with E-state index < -0.39 is 15.6 Å². The van der Waals surface area contributed by atoms with Gasteiger partial charge in [0, 0.05) is 30.2 Å². The third-order valence-corrected chi connectivity index (χ3v) is 8.42. The van der Waals surface area contributed by atoms with Crippen molar-refractivity contribution in [1.29, 1.82) is 0 Å². The van der Waals surface area contributed by atoms with Crippen LogP contribution in [0.25, 0.3) is 0 Å². The van der Waals surface area contributed by atoms with E-state index in [0.717, 1.165) is 28.8 Å². The summed E-state index contributed by atoms with van der Waals surface area (Å²) in [5, 5.41) is 0. The van der Waals surface area contributed by atoms with Crippen molar-refractivity contribution in [2.24, 2.45) is 0 Å². The van der Waals surface area contributed by atoms with Gasteiger partial charge in [0.15, 0.2) is 0 Å². The summed E-state index contributed by atoms with van der Waals surface area (Å²) in [7, 11) is -3.69. The molecule has 0 radical (unpaired) electrons. The largest absolute Gasteiger partial charge is 0.444 e. The maximum absolute atomic E-state index is 13.0. The molecule has 0 spiro atoms. The van der Waals surface area contributed by atoms with Gasteiger partial charge in [-0.25, -0.2) is 13.2 Å². The number of halogens is 1. The first-order chi connectivity index (χ1) is 16.9. The minimum Gasteiger partial charge on any atom is -0.444 e. The van der Waals surface area contributed by atoms with E-state index in [1.165, 1.54) is 11.3 Å². The van der Waals surface area contributed by atoms with Crippen LogP contribution in [0, 0.1) is 0 Å². The fraction of sp³-hybridized carbons (Fsp3) is 0.440. The van der Waals surface area contributed by atoms with E-state index in [4.69, 9.17) is 16.3 Å². The summed E-state index contributed by atoms with van der Waals surface area (Å²) in [4.78, 5) is 29.7. The van der Waals surface area contributed by atoms with Crippen molar-refractivity contribution in [2.75, 3.05) is 23.7 Å². The number of amides is 2. The number of hydrogen-bond acceptors (Lipinski definition) is 6. The molecule has 36 heavy (non-hydrogen) atoms. The van der Waals surface area contributed by atoms with Crippen LogP contribution < -0.4 is 9.62 Å². The molecule has 0 atom stereocenters. The lowest BCUT2D eigenvalue weighted by molar-refractivity contribution is -0.114. The van der Waals surface area contributed by atoms with Gasteiger partial charge in [0.2, 0.25) is 10.0 Å². The van der Waals surface area contributed by atoms with Crippen LogP contribution in [-0.2, 0) is 38.9 Å². The Kier molecular flexibility index (Phi) is 7.68. The van der Waals surface area contributed by atoms with E-state index in [1.54, 1.807) is 28.0 Å². The van der Waals surface area contributed by atoms with Crippen LogP contribution in [0.2, 0.25) is 4.34 Å². The molecule has 1 aromatic heterocycles. The molecule has 2 aromatic rings. The SMILES string of the molecule is CC(C)(C)OC(=O)N1CCCc2cc(N3CC=C(NS(=O)(=O)CCc4ccc(Cl)s4)C3=O)ccc2C1. The molecule has 0 aliphatic carbocycles. The molecule has 0 saturated heterocycles. The van der Waals surface area contributed by atoms with Crippen LogP contribution in [0.15, 0.2) is 42.1 Å². The number of rotatable bonds is 6. The van der Waals surface area contributed by atoms with Crippen molar-refractivity contribution < 1.29 is 22.7 Å². The summed E-state index contributed by atoms with van der Waals surface area (Å²) in [6.45, 7) is 6.85. The van der Waals surface area contributed by atoms with Gasteiger partial charge in [0.05, 0.1) is 10.1 Å². The molecule has 2 aliphatic rings. The molecule has 2 amide bonds. The summed E-state index contributed by atoms with van der Waals surface area (Å²) >= 11 is 7.25. The molecular formula is C25H30ClN3O5S2. The molecule has 8 nitrogen and oxygen atoms in total. The standard InChI is InChI=1S/C25H30ClN3O5S2/c1-25(2,3)34-24(31)28-12-4-5-17-15-19(7-6-18(17)16-28)29-13-10-21(23(29)30)27-36(32,33)14-11-20-8-9-22(26)35-20/h6-10,15,27H,4-5,11-14,16H2,1-3H3. The van der Waals surface area contributed by atoms with Gasteiger partial charge >= 0.3 is 6.09 Å². The van der Waals surface area contributed by atoms with Crippen LogP contribution in [0.4, 0.5) is 10.5 Å². The number of sulfonamides is 1. The van der Waals surface area contributed by atoms with Crippen LogP contribution in [0.1, 0.15) is 43.2 Å². The third-order valence-electron chi connectivity index (χ3n) is 5.85. The van der Waals surface area contributed by atoms with E-state index in [-0.39, 0.29) is 30.0 Å². The highest BCUT2D eigenvalue weighted by molar-refractivity contribution is 7.89. The summed E-state index contributed by atoms with van der Waals surface area (Å²) in [5.41, 5.74) is 2.27. The quantitative estimate of drug-likeness (QED) is 0.571. The van der Waals surface area contributed by atoms with Gasteiger partial charge in [-0.3, -0.25) is 9.52 Å². The van der Waals surface area contributed by atoms with Crippen molar-refractivity contribution >= 4 is 50.6 Å². The molecule has 4 rings (SSSR count). The monoisotopic (exact) mass is 551 g/mol. The van der Waals surface area contributed by atoms with E-state index >= 15 is 0 Å². The predicted octanol–water partition coefficient (Wildman–Crippen LogP) is 4.48. The maximum Gasteiger partial charge on any atom is 0.410 e. The zero-order chi connectivity index (χ0) is 26.1. The third kappa shape index (κ3) is 6.60. The molecule has 1 aromatic carbocycles. The lowest BCUT2D eigenvalue weighted by Crippen LogP contribution is -2.36. The second-order valence-electron chi connectivity index (χ2n) is 9.87. The smallest absolute Gasteiger partial charge is 0.410 e. The van der Waals surface area contributed by atoms with Crippen LogP contribution >= 0.6 is 22.9 Å². The van der Waals surface area contributed by atoms with Crippen molar-refractivity contribution in [1.82, 2.24) is 9.62 Å². The number of aryl methyl sites for hydroxylation is 2. The topological polar surface area (TPSA) is 96.0 Å². The molecule has 0 saturated carbocycles. The first kappa shape index (κ1) is 26.5. The molecular weight excluding hydrogens is 522 g/mol. The second kappa shape index (κ2) is 10.4. The Labute approximate surface area is 220 Å². The van der Waals surface area contributed by atoms with Gasteiger partial charge < -0.3 is 14.5 Å². The Bertz CT molecular complexity index is 1300. The van der Waals surface area contributed by atoms with Crippen molar-refractivity contribution in [3.63, 3.8) is 0 Å². The van der Waals surface area contributed by atoms with E-state index in [9.17, 15) is 18.0 Å². The lowest BCUT2D eigenvalue weighted by atomic mass is 10.0. The summed E-state index contributed by atoms with van der Waals surface area (Å²) in [6.07, 6.45) is 3.13. The zero-order valence-electron chi connectivity index (χ0n) is 20.5. The fourth-order valence-corrected chi connectivity index (χ4v) is 6.45. The number of fused-ring (bicyclic) bond motifs is 1. The zero-order valence-corrected chi connectivity index (χ0v) is 22.9. The molecule has 194 valence electrons. The number of hydrogen-bond donors (Lipinski definition) is 1. The van der Waals surface area contributed by atoms with Gasteiger partial charge in [0.1, 0.15) is 11.3 Å². The Balaban J connectivity index is 1.40. The van der Waals surface area contributed by atoms with Crippen molar-refractivity contribution in [3.05, 3.63) is 62.4 Å². The lowest BCUT2D eigenvalue weighted by Gasteiger charge is -2.26. The Hall–Kier alpha value is -2.56.